The monoisotopic (exact) mass is 1120 g/mol. The van der Waals surface area contributed by atoms with Gasteiger partial charge in [0.2, 0.25) is 0 Å². The molecule has 0 aromatic heterocycles. The average Bonchev–Trinajstić information content (AvgIpc) is 0.752. The molecule has 2 aliphatic carbocycles. The first-order chi connectivity index (χ1) is 40.7. The zero-order valence-electron chi connectivity index (χ0n) is 53.5. The second-order valence-electron chi connectivity index (χ2n) is 30.3. The molecule has 2 aliphatic heterocycles. The summed E-state index contributed by atoms with van der Waals surface area (Å²) in [6.07, 6.45) is 0. The molecule has 2 heterocycles. The van der Waals surface area contributed by atoms with Crippen LogP contribution in [0.1, 0.15) is 155 Å². The third kappa shape index (κ3) is 8.66. The molecule has 14 rings (SSSR count). The number of nitrogens with zero attached hydrogens (tertiary/aromatic N) is 3. The van der Waals surface area contributed by atoms with E-state index in [1.54, 1.807) is 0 Å². The lowest BCUT2D eigenvalue weighted by atomic mass is 9.33. The maximum Gasteiger partial charge on any atom is 0.252 e. The molecule has 0 fully saturated rings. The Bertz CT molecular complexity index is 4400. The fraction of sp³-hybridized carbons (Fsp3) is 0.268. The van der Waals surface area contributed by atoms with Crippen molar-refractivity contribution in [1.29, 1.82) is 0 Å². The van der Waals surface area contributed by atoms with Gasteiger partial charge in [0.1, 0.15) is 0 Å². The summed E-state index contributed by atoms with van der Waals surface area (Å²) in [6, 6.07) is 80.4. The molecular weight excluding hydrogens is 1040 g/mol. The summed E-state index contributed by atoms with van der Waals surface area (Å²) < 4.78 is 0. The first-order valence-corrected chi connectivity index (χ1v) is 31.4. The maximum absolute atomic E-state index is 2.67. The smallest absolute Gasteiger partial charge is 0.252 e. The number of hydrogen-bond donors (Lipinski definition) is 0. The Morgan fingerprint density at radius 2 is 0.791 bits per heavy atom. The molecule has 0 unspecified atom stereocenters. The van der Waals surface area contributed by atoms with E-state index in [1.807, 2.05) is 0 Å². The Morgan fingerprint density at radius 1 is 0.326 bits per heavy atom. The minimum absolute atomic E-state index is 0.00903. The fourth-order valence-electron chi connectivity index (χ4n) is 14.8. The van der Waals surface area contributed by atoms with Crippen LogP contribution >= 0.6 is 0 Å². The van der Waals surface area contributed by atoms with Crippen molar-refractivity contribution in [3.8, 4) is 33.4 Å². The molecular formula is C82H82BN3. The van der Waals surface area contributed by atoms with E-state index < -0.39 is 0 Å². The summed E-state index contributed by atoms with van der Waals surface area (Å²) in [6.45, 7) is 37.7. The quantitative estimate of drug-likeness (QED) is 0.154. The molecule has 10 aromatic rings. The molecule has 0 radical (unpaired) electrons. The second-order valence-corrected chi connectivity index (χ2v) is 30.3. The van der Waals surface area contributed by atoms with Gasteiger partial charge >= 0.3 is 0 Å². The molecule has 0 bridgehead atoms. The van der Waals surface area contributed by atoms with Crippen LogP contribution in [0.5, 0.6) is 0 Å². The zero-order valence-corrected chi connectivity index (χ0v) is 53.5. The molecule has 4 heteroatoms. The zero-order chi connectivity index (χ0) is 60.4. The van der Waals surface area contributed by atoms with Crippen LogP contribution in [0, 0.1) is 0 Å². The predicted octanol–water partition coefficient (Wildman–Crippen LogP) is 20.7. The molecule has 86 heavy (non-hydrogen) atoms. The van der Waals surface area contributed by atoms with Gasteiger partial charge in [0.25, 0.3) is 6.71 Å². The van der Waals surface area contributed by atoms with Gasteiger partial charge in [-0.2, -0.15) is 0 Å². The molecule has 0 N–H and O–H groups in total. The van der Waals surface area contributed by atoms with E-state index in [0.29, 0.717) is 0 Å². The second kappa shape index (κ2) is 19.1. The Balaban J connectivity index is 1.08. The maximum atomic E-state index is 2.67. The van der Waals surface area contributed by atoms with E-state index >= 15 is 0 Å². The lowest BCUT2D eigenvalue weighted by Gasteiger charge is -2.46. The van der Waals surface area contributed by atoms with E-state index in [2.05, 4.69) is 332 Å². The highest BCUT2D eigenvalue weighted by Crippen LogP contribution is 2.55. The van der Waals surface area contributed by atoms with E-state index in [-0.39, 0.29) is 39.2 Å². The molecule has 4 aliphatic rings. The summed E-state index contributed by atoms with van der Waals surface area (Å²) in [4.78, 5) is 7.85. The van der Waals surface area contributed by atoms with Gasteiger partial charge < -0.3 is 14.7 Å². The minimum atomic E-state index is -0.208. The predicted molar refractivity (Wildman–Crippen MR) is 371 cm³/mol. The van der Waals surface area contributed by atoms with Crippen LogP contribution in [0.15, 0.2) is 206 Å². The highest BCUT2D eigenvalue weighted by Gasteiger charge is 2.47. The highest BCUT2D eigenvalue weighted by molar-refractivity contribution is 7.00. The van der Waals surface area contributed by atoms with Gasteiger partial charge in [-0.3, -0.25) is 0 Å². The normalized spacial score (nSPS) is 15.1. The Kier molecular flexibility index (Phi) is 12.3. The Hall–Kier alpha value is -8.34. The molecule has 0 amide bonds. The highest BCUT2D eigenvalue weighted by atomic mass is 15.2. The van der Waals surface area contributed by atoms with Gasteiger partial charge in [0.15, 0.2) is 0 Å². The van der Waals surface area contributed by atoms with Crippen LogP contribution in [-0.4, -0.2) is 6.71 Å². The third-order valence-electron chi connectivity index (χ3n) is 19.9. The summed E-state index contributed by atoms with van der Waals surface area (Å²) in [5.41, 5.74) is 32.2. The van der Waals surface area contributed by atoms with Gasteiger partial charge in [-0.1, -0.05) is 238 Å². The number of hydrogen-bond acceptors (Lipinski definition) is 3. The molecule has 428 valence electrons. The van der Waals surface area contributed by atoms with Crippen LogP contribution in [0.2, 0.25) is 0 Å². The van der Waals surface area contributed by atoms with Crippen LogP contribution in [0.25, 0.3) is 33.4 Å². The van der Waals surface area contributed by atoms with Crippen LogP contribution in [0.3, 0.4) is 0 Å². The minimum Gasteiger partial charge on any atom is -0.311 e. The first kappa shape index (κ1) is 55.5. The van der Waals surface area contributed by atoms with Gasteiger partial charge in [0, 0.05) is 61.9 Å². The van der Waals surface area contributed by atoms with Crippen molar-refractivity contribution in [2.24, 2.45) is 0 Å². The van der Waals surface area contributed by atoms with E-state index in [0.717, 1.165) is 22.7 Å². The molecule has 0 saturated carbocycles. The summed E-state index contributed by atoms with van der Waals surface area (Å²) in [7, 11) is 0. The van der Waals surface area contributed by atoms with Crippen molar-refractivity contribution < 1.29 is 0 Å². The molecule has 0 atom stereocenters. The number of fused-ring (bicyclic) bond motifs is 10. The van der Waals surface area contributed by atoms with E-state index in [9.17, 15) is 0 Å². The lowest BCUT2D eigenvalue weighted by molar-refractivity contribution is 0.590. The summed E-state index contributed by atoms with van der Waals surface area (Å²) in [5.74, 6) is 0. The van der Waals surface area contributed by atoms with Crippen molar-refractivity contribution in [1.82, 2.24) is 0 Å². The standard InChI is InChI=1S/C82H82BN3/c1-77(2,3)52-30-34-56(35-31-52)84(71-42-32-53(78(4,5)6)44-64(71)51-24-18-17-19-25-51)59-38-41-69-73(50-59)86(58-37-40-63-61-27-21-23-29-66(61)82(15,16)68(63)49-58)75-47-55(80(10,11)12)46-74-76(75)83(69)70-45-54(79(7,8)9)33-43-72(70)85(74)57-36-39-62-60-26-20-22-28-65(60)81(13,14)67(62)48-57/h17-50H,1-16H3. The van der Waals surface area contributed by atoms with Crippen molar-refractivity contribution in [3.63, 3.8) is 0 Å². The first-order valence-electron chi connectivity index (χ1n) is 31.4. The van der Waals surface area contributed by atoms with Gasteiger partial charge in [-0.25, -0.2) is 0 Å². The number of rotatable bonds is 6. The fourth-order valence-corrected chi connectivity index (χ4v) is 14.8. The topological polar surface area (TPSA) is 9.72 Å². The molecule has 0 spiro atoms. The van der Waals surface area contributed by atoms with E-state index in [1.165, 1.54) is 123 Å². The van der Waals surface area contributed by atoms with Gasteiger partial charge in [-0.15, -0.1) is 0 Å². The van der Waals surface area contributed by atoms with Crippen molar-refractivity contribution in [3.05, 3.63) is 251 Å². The van der Waals surface area contributed by atoms with Crippen molar-refractivity contribution in [2.45, 2.75) is 143 Å². The van der Waals surface area contributed by atoms with Gasteiger partial charge in [-0.05, 0) is 189 Å². The van der Waals surface area contributed by atoms with E-state index in [4.69, 9.17) is 0 Å². The largest absolute Gasteiger partial charge is 0.311 e. The van der Waals surface area contributed by atoms with Crippen molar-refractivity contribution >= 4 is 74.3 Å². The van der Waals surface area contributed by atoms with Crippen LogP contribution in [-0.2, 0) is 32.5 Å². The average molecular weight is 1120 g/mol. The lowest BCUT2D eigenvalue weighted by Crippen LogP contribution is -2.61. The Labute approximate surface area is 513 Å². The van der Waals surface area contributed by atoms with Crippen LogP contribution < -0.4 is 31.1 Å². The molecule has 10 aromatic carbocycles. The van der Waals surface area contributed by atoms with Crippen molar-refractivity contribution in [2.75, 3.05) is 14.7 Å². The summed E-state index contributed by atoms with van der Waals surface area (Å²) >= 11 is 0. The summed E-state index contributed by atoms with van der Waals surface area (Å²) in [5, 5.41) is 0. The Morgan fingerprint density at radius 3 is 1.34 bits per heavy atom. The number of benzene rings is 10. The molecule has 3 nitrogen and oxygen atoms in total. The molecule has 0 saturated heterocycles. The van der Waals surface area contributed by atoms with Gasteiger partial charge in [0.05, 0.1) is 5.69 Å². The van der Waals surface area contributed by atoms with Crippen LogP contribution in [0.4, 0.5) is 51.2 Å². The SMILES string of the molecule is CC(C)(C)c1ccc(N(c2ccc3c(c2)N(c2ccc4c(c2)C(C)(C)c2ccccc2-4)c2cc(C(C)(C)C)cc4c2B3c2cc(C(C)(C)C)ccc2N4c2ccc3c(c2)C(C)(C)c2ccccc2-3)c2ccc(C(C)(C)C)cc2-c2ccccc2)cc1. The third-order valence-corrected chi connectivity index (χ3v) is 19.9. The number of anilines is 9.